The molecule has 2 aliphatic heterocycles. The summed E-state index contributed by atoms with van der Waals surface area (Å²) in [5.74, 6) is 0.757. The zero-order valence-electron chi connectivity index (χ0n) is 11.3. The van der Waals surface area contributed by atoms with Crippen molar-refractivity contribution in [1.82, 2.24) is 5.32 Å². The van der Waals surface area contributed by atoms with Crippen molar-refractivity contribution < 1.29 is 9.90 Å². The number of aliphatic hydroxyl groups excluding tert-OH is 1. The van der Waals surface area contributed by atoms with E-state index >= 15 is 0 Å². The van der Waals surface area contributed by atoms with Crippen LogP contribution in [0.25, 0.3) is 0 Å². The van der Waals surface area contributed by atoms with Gasteiger partial charge in [-0.25, -0.2) is 0 Å². The summed E-state index contributed by atoms with van der Waals surface area (Å²) in [7, 11) is 0. The van der Waals surface area contributed by atoms with Crippen LogP contribution in [0.3, 0.4) is 0 Å². The maximum Gasteiger partial charge on any atom is 0.220 e. The Morgan fingerprint density at radius 2 is 2.25 bits per heavy atom. The Labute approximate surface area is 127 Å². The lowest BCUT2D eigenvalue weighted by Gasteiger charge is -2.42. The Bertz CT molecular complexity index is 521. The molecule has 2 fully saturated rings. The number of benzene rings is 1. The Hall–Kier alpha value is -1.07. The van der Waals surface area contributed by atoms with Crippen LogP contribution in [-0.2, 0) is 11.4 Å². The molecule has 1 amide bonds. The van der Waals surface area contributed by atoms with E-state index in [9.17, 15) is 9.90 Å². The van der Waals surface area contributed by atoms with E-state index in [-0.39, 0.29) is 12.5 Å². The summed E-state index contributed by atoms with van der Waals surface area (Å²) in [6, 6.07) is 6.46. The van der Waals surface area contributed by atoms with Gasteiger partial charge in [0, 0.05) is 35.7 Å². The Balaban J connectivity index is 1.73. The monoisotopic (exact) mass is 338 g/mol. The van der Waals surface area contributed by atoms with Crippen LogP contribution in [0, 0.1) is 5.92 Å². The van der Waals surface area contributed by atoms with Gasteiger partial charge in [-0.15, -0.1) is 0 Å². The lowest BCUT2D eigenvalue weighted by atomic mass is 9.85. The Morgan fingerprint density at radius 1 is 1.40 bits per heavy atom. The van der Waals surface area contributed by atoms with Gasteiger partial charge < -0.3 is 15.3 Å². The van der Waals surface area contributed by atoms with Gasteiger partial charge in [0.2, 0.25) is 5.91 Å². The molecule has 0 spiro atoms. The lowest BCUT2D eigenvalue weighted by Crippen LogP contribution is -2.54. The summed E-state index contributed by atoms with van der Waals surface area (Å²) in [4.78, 5) is 13.8. The number of carbonyl (C=O) groups excluding carboxylic acids is 1. The first-order chi connectivity index (χ1) is 9.67. The Morgan fingerprint density at radius 3 is 3.00 bits per heavy atom. The zero-order chi connectivity index (χ0) is 14.1. The summed E-state index contributed by atoms with van der Waals surface area (Å²) in [6.45, 7) is 2.01. The van der Waals surface area contributed by atoms with Gasteiger partial charge in [0.1, 0.15) is 0 Å². The molecule has 2 saturated heterocycles. The predicted molar refractivity (Wildman–Crippen MR) is 81.5 cm³/mol. The molecule has 0 bridgehead atoms. The number of nitrogens with one attached hydrogen (secondary N) is 1. The molecule has 1 aromatic carbocycles. The molecular formula is C15H19BrN2O2. The Kier molecular flexibility index (Phi) is 3.98. The first-order valence-electron chi connectivity index (χ1n) is 7.11. The highest BCUT2D eigenvalue weighted by Crippen LogP contribution is 2.31. The number of fused-ring (bicyclic) bond motifs is 1. The minimum atomic E-state index is 0.0532. The van der Waals surface area contributed by atoms with Gasteiger partial charge in [0.05, 0.1) is 6.61 Å². The van der Waals surface area contributed by atoms with E-state index in [0.717, 1.165) is 36.0 Å². The highest BCUT2D eigenvalue weighted by Gasteiger charge is 2.33. The highest BCUT2D eigenvalue weighted by atomic mass is 79.9. The van der Waals surface area contributed by atoms with E-state index in [2.05, 4.69) is 38.3 Å². The van der Waals surface area contributed by atoms with Gasteiger partial charge in [-0.05, 0) is 36.5 Å². The van der Waals surface area contributed by atoms with Crippen LogP contribution in [-0.4, -0.2) is 30.1 Å². The number of anilines is 1. The lowest BCUT2D eigenvalue weighted by molar-refractivity contribution is -0.124. The van der Waals surface area contributed by atoms with Crippen LogP contribution in [0.1, 0.15) is 24.8 Å². The van der Waals surface area contributed by atoms with Crippen LogP contribution in [0.15, 0.2) is 22.7 Å². The second kappa shape index (κ2) is 5.74. The van der Waals surface area contributed by atoms with Crippen molar-refractivity contribution in [3.63, 3.8) is 0 Å². The average Bonchev–Trinajstić information content (AvgIpc) is 2.46. The summed E-state index contributed by atoms with van der Waals surface area (Å²) < 4.78 is 0.955. The third kappa shape index (κ3) is 2.69. The van der Waals surface area contributed by atoms with E-state index in [1.165, 1.54) is 5.69 Å². The number of halogens is 1. The average molecular weight is 339 g/mol. The first-order valence-corrected chi connectivity index (χ1v) is 7.90. The molecule has 0 saturated carbocycles. The molecule has 0 aliphatic carbocycles. The van der Waals surface area contributed by atoms with E-state index < -0.39 is 0 Å². The molecule has 2 aliphatic rings. The number of piperidine rings is 2. The molecular weight excluding hydrogens is 320 g/mol. The van der Waals surface area contributed by atoms with Crippen molar-refractivity contribution in [3.05, 3.63) is 28.2 Å². The fourth-order valence-corrected chi connectivity index (χ4v) is 3.70. The smallest absolute Gasteiger partial charge is 0.220 e. The summed E-state index contributed by atoms with van der Waals surface area (Å²) in [5.41, 5.74) is 2.10. The summed E-state index contributed by atoms with van der Waals surface area (Å²) >= 11 is 3.51. The van der Waals surface area contributed by atoms with E-state index in [1.807, 2.05) is 6.07 Å². The maximum atomic E-state index is 11.4. The molecule has 0 aromatic heterocycles. The van der Waals surface area contributed by atoms with Gasteiger partial charge in [0.25, 0.3) is 0 Å². The normalized spacial score (nSPS) is 26.1. The van der Waals surface area contributed by atoms with Crippen molar-refractivity contribution in [1.29, 1.82) is 0 Å². The molecule has 2 unspecified atom stereocenters. The standard InChI is InChI=1S/C15H19BrN2O2/c16-13-7-12(3-1-11(13)9-19)18-6-5-14-10(8-18)2-4-15(20)17-14/h1,3,7,10,14,19H,2,4-6,8-9H2,(H,17,20). The van der Waals surface area contributed by atoms with Gasteiger partial charge >= 0.3 is 0 Å². The number of nitrogens with zero attached hydrogens (tertiary/aromatic N) is 1. The second-order valence-electron chi connectivity index (χ2n) is 5.64. The molecule has 0 radical (unpaired) electrons. The van der Waals surface area contributed by atoms with Crippen LogP contribution in [0.2, 0.25) is 0 Å². The molecule has 3 rings (SSSR count). The molecule has 108 valence electrons. The summed E-state index contributed by atoms with van der Waals surface area (Å²) in [5, 5.41) is 12.3. The third-order valence-corrected chi connectivity index (χ3v) is 5.13. The second-order valence-corrected chi connectivity index (χ2v) is 6.50. The number of hydrogen-bond acceptors (Lipinski definition) is 3. The summed E-state index contributed by atoms with van der Waals surface area (Å²) in [6.07, 6.45) is 2.65. The van der Waals surface area contributed by atoms with Gasteiger partial charge in [-0.2, -0.15) is 0 Å². The maximum absolute atomic E-state index is 11.4. The predicted octanol–water partition coefficient (Wildman–Crippen LogP) is 2.05. The SMILES string of the molecule is O=C1CCC2CN(c3ccc(CO)c(Br)c3)CCC2N1. The van der Waals surface area contributed by atoms with Gasteiger partial charge in [0.15, 0.2) is 0 Å². The molecule has 2 N–H and O–H groups in total. The van der Waals surface area contributed by atoms with Crippen molar-refractivity contribution in [2.75, 3.05) is 18.0 Å². The number of aliphatic hydroxyl groups is 1. The fourth-order valence-electron chi connectivity index (χ4n) is 3.21. The molecule has 20 heavy (non-hydrogen) atoms. The highest BCUT2D eigenvalue weighted by molar-refractivity contribution is 9.10. The fraction of sp³-hybridized carbons (Fsp3) is 0.533. The van der Waals surface area contributed by atoms with Crippen molar-refractivity contribution in [2.45, 2.75) is 31.9 Å². The van der Waals surface area contributed by atoms with Crippen LogP contribution in [0.5, 0.6) is 0 Å². The van der Waals surface area contributed by atoms with E-state index in [1.54, 1.807) is 0 Å². The number of carbonyl (C=O) groups is 1. The minimum Gasteiger partial charge on any atom is -0.392 e. The number of amides is 1. The van der Waals surface area contributed by atoms with Crippen LogP contribution in [0.4, 0.5) is 5.69 Å². The molecule has 2 atom stereocenters. The van der Waals surface area contributed by atoms with Crippen LogP contribution < -0.4 is 10.2 Å². The van der Waals surface area contributed by atoms with E-state index in [4.69, 9.17) is 0 Å². The first kappa shape index (κ1) is 13.9. The van der Waals surface area contributed by atoms with Gasteiger partial charge in [-0.1, -0.05) is 22.0 Å². The number of rotatable bonds is 2. The topological polar surface area (TPSA) is 52.6 Å². The van der Waals surface area contributed by atoms with Crippen molar-refractivity contribution in [3.8, 4) is 0 Å². The van der Waals surface area contributed by atoms with Gasteiger partial charge in [-0.3, -0.25) is 4.79 Å². The molecule has 1 aromatic rings. The number of hydrogen-bond donors (Lipinski definition) is 2. The molecule has 4 nitrogen and oxygen atoms in total. The van der Waals surface area contributed by atoms with Crippen LogP contribution >= 0.6 is 15.9 Å². The minimum absolute atomic E-state index is 0.0532. The van der Waals surface area contributed by atoms with Crippen molar-refractivity contribution >= 4 is 27.5 Å². The third-order valence-electron chi connectivity index (χ3n) is 4.39. The zero-order valence-corrected chi connectivity index (χ0v) is 12.9. The quantitative estimate of drug-likeness (QED) is 0.867. The largest absolute Gasteiger partial charge is 0.392 e. The van der Waals surface area contributed by atoms with Crippen molar-refractivity contribution in [2.24, 2.45) is 5.92 Å². The molecule has 5 heteroatoms. The molecule has 2 heterocycles. The van der Waals surface area contributed by atoms with E-state index in [0.29, 0.717) is 18.4 Å².